The van der Waals surface area contributed by atoms with E-state index in [-0.39, 0.29) is 57.3 Å². The molecule has 6 rings (SSSR count). The average molecular weight is 556 g/mol. The van der Waals surface area contributed by atoms with E-state index in [1.165, 1.54) is 24.3 Å². The minimum Gasteiger partial charge on any atom is -0.507 e. The Hall–Kier alpha value is -3.37. The largest absolute Gasteiger partial charge is 0.507 e. The van der Waals surface area contributed by atoms with E-state index in [2.05, 4.69) is 23.4 Å². The van der Waals surface area contributed by atoms with Crippen LogP contribution in [0.3, 0.4) is 0 Å². The first-order valence-corrected chi connectivity index (χ1v) is 13.6. The van der Waals surface area contributed by atoms with Crippen LogP contribution in [0.2, 0.25) is 5.02 Å². The lowest BCUT2D eigenvalue weighted by molar-refractivity contribution is -0.128. The lowest BCUT2D eigenvalue weighted by Crippen LogP contribution is -2.65. The Labute approximate surface area is 231 Å². The topological polar surface area (TPSA) is 89.5 Å². The lowest BCUT2D eigenvalue weighted by Gasteiger charge is -2.56. The van der Waals surface area contributed by atoms with Crippen LogP contribution in [-0.4, -0.2) is 101 Å². The summed E-state index contributed by atoms with van der Waals surface area (Å²) in [5.41, 5.74) is -0.0620. The molecule has 3 fully saturated rings. The van der Waals surface area contributed by atoms with E-state index < -0.39 is 11.9 Å². The normalized spacial score (nSPS) is 22.5. The second-order valence-electron chi connectivity index (χ2n) is 10.9. The van der Waals surface area contributed by atoms with Gasteiger partial charge < -0.3 is 29.4 Å². The SMILES string of the molecule is C=CC(=O)N1CCN2C(=O)c3c(N4CCN(C)CC45CCC5)nc(-c4c(O)cccc4F)c(Cl)c3OCC2C1. The summed E-state index contributed by atoms with van der Waals surface area (Å²) in [6.07, 6.45) is 4.21. The molecule has 2 amide bonds. The standard InChI is InChI=1S/C28H31ClFN5O4/c1-3-20(37)33-11-12-34-17(14-33)15-39-25-22(27(34)38)26(35-13-10-32(2)16-28(35)8-5-9-28)31-24(23(25)29)21-18(30)6-4-7-19(21)36/h3-4,6-7,17,36H,1,5,8-16H2,2H3. The maximum absolute atomic E-state index is 15.1. The highest BCUT2D eigenvalue weighted by molar-refractivity contribution is 6.35. The number of benzene rings is 1. The molecule has 4 aliphatic rings. The number of hydrogen-bond donors (Lipinski definition) is 1. The van der Waals surface area contributed by atoms with Crippen LogP contribution in [-0.2, 0) is 4.79 Å². The van der Waals surface area contributed by atoms with Crippen molar-refractivity contribution in [3.63, 3.8) is 0 Å². The second-order valence-corrected chi connectivity index (χ2v) is 11.2. The molecule has 1 spiro atoms. The van der Waals surface area contributed by atoms with Crippen LogP contribution >= 0.6 is 11.6 Å². The summed E-state index contributed by atoms with van der Waals surface area (Å²) in [5.74, 6) is -0.930. The number of nitrogens with zero attached hydrogens (tertiary/aromatic N) is 5. The van der Waals surface area contributed by atoms with Gasteiger partial charge in [0.25, 0.3) is 5.91 Å². The Balaban J connectivity index is 1.53. The molecule has 2 saturated heterocycles. The Morgan fingerprint density at radius 1 is 1.26 bits per heavy atom. The van der Waals surface area contributed by atoms with Gasteiger partial charge in [0.05, 0.1) is 17.1 Å². The van der Waals surface area contributed by atoms with Gasteiger partial charge >= 0.3 is 0 Å². The number of likely N-dealkylation sites (N-methyl/N-ethyl adjacent to an activating group) is 1. The van der Waals surface area contributed by atoms with E-state index in [9.17, 15) is 14.7 Å². The molecule has 1 aliphatic carbocycles. The van der Waals surface area contributed by atoms with Gasteiger partial charge in [0.15, 0.2) is 5.75 Å². The van der Waals surface area contributed by atoms with Gasteiger partial charge in [-0.25, -0.2) is 9.37 Å². The van der Waals surface area contributed by atoms with Gasteiger partial charge in [0.2, 0.25) is 5.91 Å². The number of rotatable bonds is 3. The van der Waals surface area contributed by atoms with E-state index in [0.29, 0.717) is 32.0 Å². The molecule has 11 heteroatoms. The number of fused-ring (bicyclic) bond motifs is 2. The van der Waals surface area contributed by atoms with Crippen molar-refractivity contribution in [2.24, 2.45) is 0 Å². The number of amides is 2. The molecule has 1 aromatic heterocycles. The highest BCUT2D eigenvalue weighted by Gasteiger charge is 2.49. The minimum absolute atomic E-state index is 0.0295. The van der Waals surface area contributed by atoms with Gasteiger partial charge in [-0.15, -0.1) is 0 Å². The molecule has 0 radical (unpaired) electrons. The van der Waals surface area contributed by atoms with Crippen LogP contribution in [0.25, 0.3) is 11.3 Å². The predicted molar refractivity (Wildman–Crippen MR) is 145 cm³/mol. The maximum atomic E-state index is 15.1. The summed E-state index contributed by atoms with van der Waals surface area (Å²) in [6, 6.07) is 3.62. The fourth-order valence-corrected chi connectivity index (χ4v) is 6.69. The minimum atomic E-state index is -0.678. The third-order valence-electron chi connectivity index (χ3n) is 8.55. The van der Waals surface area contributed by atoms with Crippen molar-refractivity contribution >= 4 is 29.2 Å². The number of halogens is 2. The molecule has 1 saturated carbocycles. The predicted octanol–water partition coefficient (Wildman–Crippen LogP) is 3.15. The number of ether oxygens (including phenoxy) is 1. The number of piperazine rings is 2. The van der Waals surface area contributed by atoms with Gasteiger partial charge in [-0.3, -0.25) is 9.59 Å². The Bertz CT molecular complexity index is 1350. The quantitative estimate of drug-likeness (QED) is 0.582. The second kappa shape index (κ2) is 9.67. The van der Waals surface area contributed by atoms with Gasteiger partial charge in [0, 0.05) is 39.3 Å². The van der Waals surface area contributed by atoms with Crippen molar-refractivity contribution in [1.29, 1.82) is 0 Å². The summed E-state index contributed by atoms with van der Waals surface area (Å²) in [4.78, 5) is 39.2. The third kappa shape index (κ3) is 4.12. The van der Waals surface area contributed by atoms with Gasteiger partial charge in [-0.2, -0.15) is 0 Å². The summed E-state index contributed by atoms with van der Waals surface area (Å²) in [6.45, 7) is 6.87. The molecule has 9 nitrogen and oxygen atoms in total. The van der Waals surface area contributed by atoms with E-state index in [4.69, 9.17) is 21.3 Å². The summed E-state index contributed by atoms with van der Waals surface area (Å²) in [7, 11) is 2.08. The molecule has 1 unspecified atom stereocenters. The fourth-order valence-electron chi connectivity index (χ4n) is 6.40. The van der Waals surface area contributed by atoms with Crippen LogP contribution in [0.5, 0.6) is 11.5 Å². The van der Waals surface area contributed by atoms with E-state index >= 15 is 4.39 Å². The van der Waals surface area contributed by atoms with Crippen LogP contribution in [0.15, 0.2) is 30.9 Å². The van der Waals surface area contributed by atoms with Crippen LogP contribution in [0.4, 0.5) is 10.2 Å². The lowest BCUT2D eigenvalue weighted by atomic mass is 9.73. The van der Waals surface area contributed by atoms with E-state index in [1.54, 1.807) is 9.80 Å². The van der Waals surface area contributed by atoms with Crippen LogP contribution in [0.1, 0.15) is 29.6 Å². The van der Waals surface area contributed by atoms with Gasteiger partial charge in [-0.05, 0) is 44.5 Å². The van der Waals surface area contributed by atoms with Gasteiger partial charge in [0.1, 0.15) is 40.3 Å². The van der Waals surface area contributed by atoms with Crippen molar-refractivity contribution in [1.82, 2.24) is 19.7 Å². The zero-order valence-electron chi connectivity index (χ0n) is 21.8. The molecule has 2 aromatic rings. The molecule has 3 aliphatic heterocycles. The molecule has 4 heterocycles. The molecule has 39 heavy (non-hydrogen) atoms. The average Bonchev–Trinajstić information content (AvgIpc) is 3.05. The molecule has 1 N–H and O–H groups in total. The number of aromatic nitrogens is 1. The van der Waals surface area contributed by atoms with Crippen molar-refractivity contribution < 1.29 is 23.8 Å². The maximum Gasteiger partial charge on any atom is 0.261 e. The Morgan fingerprint density at radius 3 is 2.74 bits per heavy atom. The van der Waals surface area contributed by atoms with Crippen molar-refractivity contribution in [2.45, 2.75) is 30.8 Å². The molecule has 0 bridgehead atoms. The monoisotopic (exact) mass is 555 g/mol. The number of pyridine rings is 1. The molecular weight excluding hydrogens is 525 g/mol. The Kier molecular flexibility index (Phi) is 6.42. The number of carbonyl (C=O) groups is 2. The first kappa shape index (κ1) is 25.9. The zero-order valence-corrected chi connectivity index (χ0v) is 22.6. The highest BCUT2D eigenvalue weighted by Crippen LogP contribution is 2.49. The van der Waals surface area contributed by atoms with Crippen LogP contribution < -0.4 is 9.64 Å². The molecule has 1 aromatic carbocycles. The summed E-state index contributed by atoms with van der Waals surface area (Å²) >= 11 is 6.85. The number of phenolic OH excluding ortho intramolecular Hbond substituents is 1. The number of anilines is 1. The number of phenols is 1. The van der Waals surface area contributed by atoms with E-state index in [1.807, 2.05) is 0 Å². The molecule has 1 atom stereocenters. The molecular formula is C28H31ClFN5O4. The first-order valence-electron chi connectivity index (χ1n) is 13.3. The first-order chi connectivity index (χ1) is 18.7. The summed E-state index contributed by atoms with van der Waals surface area (Å²) in [5, 5.41) is 10.6. The number of hydrogen-bond acceptors (Lipinski definition) is 7. The summed E-state index contributed by atoms with van der Waals surface area (Å²) < 4.78 is 21.4. The number of carbonyl (C=O) groups excluding carboxylic acids is 2. The highest BCUT2D eigenvalue weighted by atomic mass is 35.5. The van der Waals surface area contributed by atoms with Crippen molar-refractivity contribution in [3.05, 3.63) is 47.3 Å². The van der Waals surface area contributed by atoms with E-state index in [0.717, 1.165) is 32.4 Å². The third-order valence-corrected chi connectivity index (χ3v) is 8.90. The Morgan fingerprint density at radius 2 is 2.05 bits per heavy atom. The molecule has 206 valence electrons. The zero-order chi connectivity index (χ0) is 27.5. The number of aromatic hydroxyl groups is 1. The van der Waals surface area contributed by atoms with Crippen molar-refractivity contribution in [3.8, 4) is 22.8 Å². The fraction of sp³-hybridized carbons (Fsp3) is 0.464. The smallest absolute Gasteiger partial charge is 0.261 e. The van der Waals surface area contributed by atoms with Crippen LogP contribution in [0, 0.1) is 5.82 Å². The van der Waals surface area contributed by atoms with Gasteiger partial charge in [-0.1, -0.05) is 24.2 Å². The van der Waals surface area contributed by atoms with Crippen molar-refractivity contribution in [2.75, 3.05) is 57.8 Å².